The monoisotopic (exact) mass is 413 g/mol. The molecular weight excluding hydrogens is 383 g/mol. The number of rotatable bonds is 7. The van der Waals surface area contributed by atoms with Gasteiger partial charge in [-0.05, 0) is 68.3 Å². The van der Waals surface area contributed by atoms with E-state index in [1.54, 1.807) is 12.1 Å². The Hall–Kier alpha value is -1.96. The minimum atomic E-state index is -4.68. The van der Waals surface area contributed by atoms with Gasteiger partial charge in [0.2, 0.25) is 5.91 Å². The van der Waals surface area contributed by atoms with Crippen molar-refractivity contribution in [3.8, 4) is 5.75 Å². The molecule has 0 bridgehead atoms. The highest BCUT2D eigenvalue weighted by molar-refractivity contribution is 5.79. The summed E-state index contributed by atoms with van der Waals surface area (Å²) in [5.74, 6) is 0.821. The summed E-state index contributed by atoms with van der Waals surface area (Å²) in [6.45, 7) is 5.88. The van der Waals surface area contributed by atoms with Crippen molar-refractivity contribution in [2.45, 2.75) is 51.6 Å². The molecule has 5 nitrogen and oxygen atoms in total. The van der Waals surface area contributed by atoms with Crippen LogP contribution >= 0.6 is 0 Å². The average Bonchev–Trinajstić information content (AvgIpc) is 3.18. The Balaban J connectivity index is 1.67. The highest BCUT2D eigenvalue weighted by Crippen LogP contribution is 2.42. The van der Waals surface area contributed by atoms with Gasteiger partial charge in [-0.1, -0.05) is 13.8 Å². The SMILES string of the molecule is CC(C)C[C@@H](C(N)=O)N(C)[C@H]1CC[C@@H]2CN(c3ccc(OC(F)(F)F)cc3)C[C@@H]21. The summed E-state index contributed by atoms with van der Waals surface area (Å²) in [4.78, 5) is 16.4. The van der Waals surface area contributed by atoms with Gasteiger partial charge in [-0.3, -0.25) is 9.69 Å². The number of anilines is 1. The predicted molar refractivity (Wildman–Crippen MR) is 106 cm³/mol. The van der Waals surface area contributed by atoms with Crippen LogP contribution in [0.3, 0.4) is 0 Å². The largest absolute Gasteiger partial charge is 0.573 e. The van der Waals surface area contributed by atoms with Gasteiger partial charge in [0.05, 0.1) is 6.04 Å². The van der Waals surface area contributed by atoms with E-state index in [-0.39, 0.29) is 23.7 Å². The normalized spacial score (nSPS) is 25.5. The van der Waals surface area contributed by atoms with Crippen LogP contribution in [0.25, 0.3) is 0 Å². The smallest absolute Gasteiger partial charge is 0.406 e. The van der Waals surface area contributed by atoms with Crippen LogP contribution in [0.2, 0.25) is 0 Å². The lowest BCUT2D eigenvalue weighted by Gasteiger charge is -2.35. The number of amides is 1. The van der Waals surface area contributed by atoms with Gasteiger partial charge in [-0.15, -0.1) is 13.2 Å². The summed E-state index contributed by atoms with van der Waals surface area (Å²) in [5, 5.41) is 0. The average molecular weight is 413 g/mol. The minimum absolute atomic E-state index is 0.212. The van der Waals surface area contributed by atoms with E-state index in [0.29, 0.717) is 17.8 Å². The van der Waals surface area contributed by atoms with Crippen LogP contribution in [-0.4, -0.2) is 49.4 Å². The lowest BCUT2D eigenvalue weighted by molar-refractivity contribution is -0.274. The van der Waals surface area contributed by atoms with Gasteiger partial charge in [0.15, 0.2) is 0 Å². The number of likely N-dealkylation sites (N-methyl/N-ethyl adjacent to an activating group) is 1. The number of benzene rings is 1. The Morgan fingerprint density at radius 2 is 1.90 bits per heavy atom. The highest BCUT2D eigenvalue weighted by Gasteiger charge is 2.46. The van der Waals surface area contributed by atoms with E-state index in [1.165, 1.54) is 12.1 Å². The van der Waals surface area contributed by atoms with E-state index in [0.717, 1.165) is 38.0 Å². The number of carbonyl (C=O) groups excluding carboxylic acids is 1. The fourth-order valence-corrected chi connectivity index (χ4v) is 4.97. The summed E-state index contributed by atoms with van der Waals surface area (Å²) in [6, 6.07) is 6.07. The Morgan fingerprint density at radius 1 is 1.24 bits per heavy atom. The van der Waals surface area contributed by atoms with Crippen molar-refractivity contribution >= 4 is 11.6 Å². The number of nitrogens with two attached hydrogens (primary N) is 1. The van der Waals surface area contributed by atoms with Crippen molar-refractivity contribution in [1.29, 1.82) is 0 Å². The lowest BCUT2D eigenvalue weighted by atomic mass is 9.94. The fraction of sp³-hybridized carbons (Fsp3) is 0.667. The van der Waals surface area contributed by atoms with E-state index >= 15 is 0 Å². The molecule has 29 heavy (non-hydrogen) atoms. The molecule has 1 aliphatic carbocycles. The van der Waals surface area contributed by atoms with Crippen LogP contribution in [-0.2, 0) is 4.79 Å². The summed E-state index contributed by atoms with van der Waals surface area (Å²) in [7, 11) is 2.00. The molecule has 8 heteroatoms. The minimum Gasteiger partial charge on any atom is -0.406 e. The molecule has 4 atom stereocenters. The van der Waals surface area contributed by atoms with Crippen molar-refractivity contribution in [3.63, 3.8) is 0 Å². The summed E-state index contributed by atoms with van der Waals surface area (Å²) in [6.07, 6.45) is -1.82. The number of fused-ring (bicyclic) bond motifs is 1. The van der Waals surface area contributed by atoms with Crippen LogP contribution in [0.1, 0.15) is 33.1 Å². The third-order valence-electron chi connectivity index (χ3n) is 6.29. The van der Waals surface area contributed by atoms with Crippen LogP contribution in [0.4, 0.5) is 18.9 Å². The zero-order chi connectivity index (χ0) is 21.3. The molecule has 1 aliphatic heterocycles. The molecule has 2 fully saturated rings. The van der Waals surface area contributed by atoms with Crippen LogP contribution in [0, 0.1) is 17.8 Å². The number of primary amides is 1. The first-order valence-corrected chi connectivity index (χ1v) is 10.2. The van der Waals surface area contributed by atoms with Crippen molar-refractivity contribution in [1.82, 2.24) is 4.90 Å². The maximum Gasteiger partial charge on any atom is 0.573 e. The molecule has 0 aromatic heterocycles. The van der Waals surface area contributed by atoms with Crippen molar-refractivity contribution in [3.05, 3.63) is 24.3 Å². The zero-order valence-corrected chi connectivity index (χ0v) is 17.2. The molecule has 1 aromatic carbocycles. The zero-order valence-electron chi connectivity index (χ0n) is 17.2. The van der Waals surface area contributed by atoms with Crippen LogP contribution in [0.15, 0.2) is 24.3 Å². The molecule has 162 valence electrons. The van der Waals surface area contributed by atoms with Crippen molar-refractivity contribution in [2.24, 2.45) is 23.5 Å². The lowest BCUT2D eigenvalue weighted by Crippen LogP contribution is -2.50. The Kier molecular flexibility index (Phi) is 6.31. The first-order valence-electron chi connectivity index (χ1n) is 10.2. The fourth-order valence-electron chi connectivity index (χ4n) is 4.97. The first kappa shape index (κ1) is 21.7. The molecule has 1 saturated heterocycles. The van der Waals surface area contributed by atoms with Gasteiger partial charge >= 0.3 is 6.36 Å². The van der Waals surface area contributed by atoms with Gasteiger partial charge in [-0.2, -0.15) is 0 Å². The number of hydrogen-bond acceptors (Lipinski definition) is 4. The molecular formula is C21H30F3N3O2. The standard InChI is InChI=1S/C21H30F3N3O2/c1-13(2)10-19(20(25)28)26(3)18-9-4-14-11-27(12-17(14)18)15-5-7-16(8-6-15)29-21(22,23)24/h5-8,13-14,17-19H,4,9-12H2,1-3H3,(H2,25,28)/t14-,17+,18+,19+/m1/s1. The predicted octanol–water partition coefficient (Wildman–Crippen LogP) is 3.63. The number of alkyl halides is 3. The highest BCUT2D eigenvalue weighted by atomic mass is 19.4. The molecule has 0 unspecified atom stereocenters. The number of ether oxygens (including phenoxy) is 1. The second-order valence-electron chi connectivity index (χ2n) is 8.73. The number of carbonyl (C=O) groups is 1. The molecule has 0 spiro atoms. The first-order chi connectivity index (χ1) is 13.5. The molecule has 1 saturated carbocycles. The van der Waals surface area contributed by atoms with Crippen LogP contribution < -0.4 is 15.4 Å². The summed E-state index contributed by atoms with van der Waals surface area (Å²) in [5.41, 5.74) is 6.58. The Morgan fingerprint density at radius 3 is 2.45 bits per heavy atom. The summed E-state index contributed by atoms with van der Waals surface area (Å²) < 4.78 is 41.0. The second-order valence-corrected chi connectivity index (χ2v) is 8.73. The van der Waals surface area contributed by atoms with Crippen molar-refractivity contribution < 1.29 is 22.7 Å². The van der Waals surface area contributed by atoms with Gasteiger partial charge < -0.3 is 15.4 Å². The van der Waals surface area contributed by atoms with E-state index in [2.05, 4.69) is 28.4 Å². The third-order valence-corrected chi connectivity index (χ3v) is 6.29. The Labute approximate surface area is 170 Å². The number of nitrogens with zero attached hydrogens (tertiary/aromatic N) is 2. The maximum atomic E-state index is 12.3. The number of halogens is 3. The molecule has 0 radical (unpaired) electrons. The molecule has 2 aliphatic rings. The molecule has 2 N–H and O–H groups in total. The molecule has 1 aromatic rings. The third kappa shape index (κ3) is 5.15. The van der Waals surface area contributed by atoms with Gasteiger partial charge in [0.25, 0.3) is 0 Å². The second kappa shape index (κ2) is 8.42. The molecule has 1 heterocycles. The number of hydrogen-bond donors (Lipinski definition) is 1. The molecule has 3 rings (SSSR count). The topological polar surface area (TPSA) is 58.8 Å². The van der Waals surface area contributed by atoms with E-state index in [9.17, 15) is 18.0 Å². The quantitative estimate of drug-likeness (QED) is 0.742. The maximum absolute atomic E-state index is 12.3. The van der Waals surface area contributed by atoms with Gasteiger partial charge in [0, 0.05) is 24.8 Å². The van der Waals surface area contributed by atoms with Crippen LogP contribution in [0.5, 0.6) is 5.75 Å². The summed E-state index contributed by atoms with van der Waals surface area (Å²) >= 11 is 0. The van der Waals surface area contributed by atoms with Crippen molar-refractivity contribution in [2.75, 3.05) is 25.0 Å². The van der Waals surface area contributed by atoms with Gasteiger partial charge in [0.1, 0.15) is 5.75 Å². The van der Waals surface area contributed by atoms with E-state index < -0.39 is 6.36 Å². The molecule has 1 amide bonds. The van der Waals surface area contributed by atoms with E-state index in [4.69, 9.17) is 5.73 Å². The van der Waals surface area contributed by atoms with Gasteiger partial charge in [-0.25, -0.2) is 0 Å². The van der Waals surface area contributed by atoms with E-state index in [1.807, 2.05) is 7.05 Å². The Bertz CT molecular complexity index is 708.